The van der Waals surface area contributed by atoms with Crippen LogP contribution < -0.4 is 10.1 Å². The molecule has 2 aromatic rings. The van der Waals surface area contributed by atoms with Crippen molar-refractivity contribution in [2.24, 2.45) is 0 Å². The Balaban J connectivity index is 1.70. The van der Waals surface area contributed by atoms with Crippen molar-refractivity contribution in [3.8, 4) is 5.88 Å². The van der Waals surface area contributed by atoms with Gasteiger partial charge in [0.25, 0.3) is 0 Å². The Morgan fingerprint density at radius 3 is 2.90 bits per heavy atom. The topological polar surface area (TPSA) is 43.4 Å². The van der Waals surface area contributed by atoms with Gasteiger partial charge in [-0.3, -0.25) is 0 Å². The average molecular weight is 325 g/mol. The van der Waals surface area contributed by atoms with Crippen molar-refractivity contribution >= 4 is 23.1 Å². The number of fused-ring (bicyclic) bond motifs is 1. The van der Waals surface area contributed by atoms with E-state index in [-0.39, 0.29) is 12.1 Å². The van der Waals surface area contributed by atoms with Gasteiger partial charge < -0.3 is 14.8 Å². The summed E-state index contributed by atoms with van der Waals surface area (Å²) >= 11 is 7.59. The van der Waals surface area contributed by atoms with Crippen LogP contribution in [0.15, 0.2) is 24.3 Å². The Kier molecular flexibility index (Phi) is 4.45. The predicted octanol–water partition coefficient (Wildman–Crippen LogP) is 3.21. The van der Waals surface area contributed by atoms with Crippen LogP contribution in [0.5, 0.6) is 5.88 Å². The second kappa shape index (κ2) is 6.32. The average Bonchev–Trinajstić information content (AvgIpc) is 3.04. The number of rotatable bonds is 5. The second-order valence-corrected chi connectivity index (χ2v) is 6.21. The summed E-state index contributed by atoms with van der Waals surface area (Å²) in [6, 6.07) is 8.66. The fraction of sp³-hybridized carbons (Fsp3) is 0.400. The van der Waals surface area contributed by atoms with Crippen LogP contribution in [0, 0.1) is 0 Å². The van der Waals surface area contributed by atoms with Crippen molar-refractivity contribution in [2.75, 3.05) is 14.2 Å². The third-order valence-electron chi connectivity index (χ3n) is 3.81. The van der Waals surface area contributed by atoms with Gasteiger partial charge in [0.1, 0.15) is 5.02 Å². The number of benzene rings is 1. The van der Waals surface area contributed by atoms with Crippen LogP contribution >= 0.6 is 23.1 Å². The van der Waals surface area contributed by atoms with Crippen molar-refractivity contribution < 1.29 is 9.47 Å². The minimum Gasteiger partial charge on any atom is -0.479 e. The molecular weight excluding hydrogens is 308 g/mol. The standard InChI is InChI=1S/C15H17ClN2O2S/c1-19-14-10-6-4-3-5-9(10)7-11(14)17-8-12-13(16)15(20-2)18-21-12/h3-6,11,14,17H,7-8H2,1-2H3/t11-,14+/m1/s1. The molecule has 0 aliphatic heterocycles. The fourth-order valence-electron chi connectivity index (χ4n) is 2.79. The van der Waals surface area contributed by atoms with E-state index in [0.29, 0.717) is 17.4 Å². The molecule has 1 heterocycles. The van der Waals surface area contributed by atoms with Crippen molar-refractivity contribution in [3.63, 3.8) is 0 Å². The van der Waals surface area contributed by atoms with Gasteiger partial charge in [-0.1, -0.05) is 35.9 Å². The Morgan fingerprint density at radius 1 is 1.38 bits per heavy atom. The maximum Gasteiger partial charge on any atom is 0.244 e. The lowest BCUT2D eigenvalue weighted by molar-refractivity contribution is 0.0778. The maximum absolute atomic E-state index is 6.22. The summed E-state index contributed by atoms with van der Waals surface area (Å²) in [5.41, 5.74) is 2.61. The first-order chi connectivity index (χ1) is 10.2. The lowest BCUT2D eigenvalue weighted by Gasteiger charge is -2.20. The minimum absolute atomic E-state index is 0.0785. The van der Waals surface area contributed by atoms with Crippen molar-refractivity contribution in [1.82, 2.24) is 9.69 Å². The van der Waals surface area contributed by atoms with Crippen LogP contribution in [0.3, 0.4) is 0 Å². The largest absolute Gasteiger partial charge is 0.479 e. The third-order valence-corrected chi connectivity index (χ3v) is 5.14. The first-order valence-electron chi connectivity index (χ1n) is 6.76. The van der Waals surface area contributed by atoms with Gasteiger partial charge in [-0.15, -0.1) is 0 Å². The molecular formula is C15H17ClN2O2S. The molecule has 0 bridgehead atoms. The molecule has 2 atom stereocenters. The van der Waals surface area contributed by atoms with Gasteiger partial charge in [0.05, 0.1) is 18.1 Å². The monoisotopic (exact) mass is 324 g/mol. The summed E-state index contributed by atoms with van der Waals surface area (Å²) in [6.45, 7) is 0.665. The van der Waals surface area contributed by atoms with Gasteiger partial charge >= 0.3 is 0 Å². The highest BCUT2D eigenvalue weighted by Crippen LogP contribution is 2.35. The van der Waals surface area contributed by atoms with Gasteiger partial charge in [-0.25, -0.2) is 0 Å². The number of hydrogen-bond acceptors (Lipinski definition) is 5. The Bertz CT molecular complexity index is 632. The molecule has 1 N–H and O–H groups in total. The summed E-state index contributed by atoms with van der Waals surface area (Å²) in [5, 5.41) is 4.13. The summed E-state index contributed by atoms with van der Waals surface area (Å²) in [7, 11) is 3.33. The number of hydrogen-bond donors (Lipinski definition) is 1. The van der Waals surface area contributed by atoms with E-state index in [1.165, 1.54) is 22.7 Å². The molecule has 0 radical (unpaired) electrons. The SMILES string of the molecule is COc1nsc(CN[C@@H]2Cc3ccccc3[C@@H]2OC)c1Cl. The van der Waals surface area contributed by atoms with Crippen molar-refractivity contribution in [3.05, 3.63) is 45.3 Å². The highest BCUT2D eigenvalue weighted by atomic mass is 35.5. The lowest BCUT2D eigenvalue weighted by Crippen LogP contribution is -2.33. The lowest BCUT2D eigenvalue weighted by atomic mass is 10.1. The zero-order chi connectivity index (χ0) is 14.8. The van der Waals surface area contributed by atoms with Crippen LogP contribution in [-0.4, -0.2) is 24.6 Å². The van der Waals surface area contributed by atoms with Crippen LogP contribution in [0.4, 0.5) is 0 Å². The van der Waals surface area contributed by atoms with E-state index >= 15 is 0 Å². The van der Waals surface area contributed by atoms with Gasteiger partial charge in [0.2, 0.25) is 5.88 Å². The number of ether oxygens (including phenoxy) is 2. The zero-order valence-corrected chi connectivity index (χ0v) is 13.5. The number of nitrogens with zero attached hydrogens (tertiary/aromatic N) is 1. The first kappa shape index (κ1) is 14.8. The highest BCUT2D eigenvalue weighted by Gasteiger charge is 2.32. The predicted molar refractivity (Wildman–Crippen MR) is 84.2 cm³/mol. The number of halogens is 1. The van der Waals surface area contributed by atoms with Gasteiger partial charge in [0.15, 0.2) is 0 Å². The molecule has 21 heavy (non-hydrogen) atoms. The molecule has 4 nitrogen and oxygen atoms in total. The van der Waals surface area contributed by atoms with E-state index in [4.69, 9.17) is 21.1 Å². The fourth-order valence-corrected chi connectivity index (χ4v) is 3.80. The van der Waals surface area contributed by atoms with Crippen LogP contribution in [0.1, 0.15) is 22.1 Å². The van der Waals surface area contributed by atoms with E-state index < -0.39 is 0 Å². The maximum atomic E-state index is 6.22. The van der Waals surface area contributed by atoms with Crippen molar-refractivity contribution in [2.45, 2.75) is 25.1 Å². The van der Waals surface area contributed by atoms with Gasteiger partial charge in [-0.2, -0.15) is 4.37 Å². The highest BCUT2D eigenvalue weighted by molar-refractivity contribution is 7.06. The van der Waals surface area contributed by atoms with E-state index in [9.17, 15) is 0 Å². The molecule has 1 aromatic carbocycles. The van der Waals surface area contributed by atoms with E-state index in [1.54, 1.807) is 14.2 Å². The molecule has 0 fully saturated rings. The number of nitrogens with one attached hydrogen (secondary N) is 1. The molecule has 0 amide bonds. The molecule has 112 valence electrons. The zero-order valence-electron chi connectivity index (χ0n) is 11.9. The van der Waals surface area contributed by atoms with Crippen molar-refractivity contribution in [1.29, 1.82) is 0 Å². The minimum atomic E-state index is 0.0785. The van der Waals surface area contributed by atoms with Gasteiger partial charge in [-0.05, 0) is 29.1 Å². The summed E-state index contributed by atoms with van der Waals surface area (Å²) in [6.07, 6.45) is 1.04. The van der Waals surface area contributed by atoms with E-state index in [0.717, 1.165) is 11.3 Å². The molecule has 1 aliphatic carbocycles. The molecule has 0 saturated carbocycles. The van der Waals surface area contributed by atoms with Gasteiger partial charge in [0, 0.05) is 19.7 Å². The molecule has 0 unspecified atom stereocenters. The molecule has 1 aromatic heterocycles. The molecule has 1 aliphatic rings. The van der Waals surface area contributed by atoms with E-state index in [2.05, 4.69) is 34.0 Å². The quantitative estimate of drug-likeness (QED) is 0.917. The van der Waals surface area contributed by atoms with E-state index in [1.807, 2.05) is 0 Å². The van der Waals surface area contributed by atoms with Crippen LogP contribution in [-0.2, 0) is 17.7 Å². The molecule has 6 heteroatoms. The number of methoxy groups -OCH3 is 2. The Morgan fingerprint density at radius 2 is 2.19 bits per heavy atom. The second-order valence-electron chi connectivity index (χ2n) is 4.98. The smallest absolute Gasteiger partial charge is 0.244 e. The Hall–Kier alpha value is -1.14. The first-order valence-corrected chi connectivity index (χ1v) is 7.91. The number of aromatic nitrogens is 1. The summed E-state index contributed by atoms with van der Waals surface area (Å²) < 4.78 is 14.9. The molecule has 0 spiro atoms. The van der Waals surface area contributed by atoms with Crippen LogP contribution in [0.2, 0.25) is 5.02 Å². The third kappa shape index (κ3) is 2.79. The summed E-state index contributed by atoms with van der Waals surface area (Å²) in [4.78, 5) is 0.985. The normalized spacial score (nSPS) is 20.5. The Labute approximate surface area is 133 Å². The summed E-state index contributed by atoms with van der Waals surface area (Å²) in [5.74, 6) is 0.497. The molecule has 3 rings (SSSR count). The van der Waals surface area contributed by atoms with Crippen LogP contribution in [0.25, 0.3) is 0 Å². The molecule has 0 saturated heterocycles.